The second-order valence-electron chi connectivity index (χ2n) is 3.19. The minimum Gasteiger partial charge on any atom is -0.305 e. The standard InChI is InChI=1S/C4H10.C3H5F2N/c1-4(2)3;4-3(5)1-6-2-3/h4H,1-3H3;6H,1-2H2. The van der Waals surface area contributed by atoms with E-state index in [2.05, 4.69) is 26.1 Å². The molecule has 0 aromatic heterocycles. The highest BCUT2D eigenvalue weighted by atomic mass is 19.3. The van der Waals surface area contributed by atoms with Gasteiger partial charge in [0.05, 0.1) is 13.1 Å². The molecule has 0 atom stereocenters. The summed E-state index contributed by atoms with van der Waals surface area (Å²) in [6.45, 7) is 6.24. The summed E-state index contributed by atoms with van der Waals surface area (Å²) < 4.78 is 23.0. The van der Waals surface area contributed by atoms with Crippen LogP contribution in [0.3, 0.4) is 0 Å². The molecule has 0 spiro atoms. The minimum absolute atomic E-state index is 0.132. The predicted octanol–water partition coefficient (Wildman–Crippen LogP) is 1.89. The summed E-state index contributed by atoms with van der Waals surface area (Å²) in [6.07, 6.45) is 0. The fourth-order valence-corrected chi connectivity index (χ4v) is 0.314. The summed E-state index contributed by atoms with van der Waals surface area (Å²) in [5, 5.41) is 2.45. The first-order chi connectivity index (χ1) is 4.44. The molecule has 1 heterocycles. The van der Waals surface area contributed by atoms with Crippen LogP contribution in [0.4, 0.5) is 8.78 Å². The molecular weight excluding hydrogens is 136 g/mol. The molecule has 1 nitrogen and oxygen atoms in total. The third kappa shape index (κ3) is 5.95. The number of nitrogens with one attached hydrogen (secondary N) is 1. The number of alkyl halides is 2. The fraction of sp³-hybridized carbons (Fsp3) is 1.00. The van der Waals surface area contributed by atoms with Gasteiger partial charge in [-0.1, -0.05) is 20.8 Å². The Morgan fingerprint density at radius 2 is 1.40 bits per heavy atom. The van der Waals surface area contributed by atoms with Gasteiger partial charge in [-0.3, -0.25) is 0 Å². The quantitative estimate of drug-likeness (QED) is 0.557. The van der Waals surface area contributed by atoms with Gasteiger partial charge >= 0.3 is 0 Å². The molecule has 62 valence electrons. The molecule has 0 aromatic rings. The maximum absolute atomic E-state index is 11.5. The van der Waals surface area contributed by atoms with E-state index >= 15 is 0 Å². The average molecular weight is 151 g/mol. The molecule has 0 saturated carbocycles. The lowest BCUT2D eigenvalue weighted by molar-refractivity contribution is -0.0475. The summed E-state index contributed by atoms with van der Waals surface area (Å²) in [4.78, 5) is 0. The van der Waals surface area contributed by atoms with E-state index in [9.17, 15) is 8.78 Å². The summed E-state index contributed by atoms with van der Waals surface area (Å²) in [6, 6.07) is 0. The molecule has 0 radical (unpaired) electrons. The van der Waals surface area contributed by atoms with Crippen LogP contribution in [0.2, 0.25) is 0 Å². The Balaban J connectivity index is 0.000000180. The van der Waals surface area contributed by atoms with E-state index in [0.29, 0.717) is 0 Å². The number of hydrogen-bond acceptors (Lipinski definition) is 1. The first kappa shape index (κ1) is 9.82. The lowest BCUT2D eigenvalue weighted by Gasteiger charge is -2.25. The van der Waals surface area contributed by atoms with Crippen LogP contribution in [0.15, 0.2) is 0 Å². The van der Waals surface area contributed by atoms with Gasteiger partial charge in [-0.05, 0) is 5.92 Å². The monoisotopic (exact) mass is 151 g/mol. The molecule has 0 aromatic carbocycles. The SMILES string of the molecule is CC(C)C.FC1(F)CNC1. The van der Waals surface area contributed by atoms with Crippen molar-refractivity contribution in [2.24, 2.45) is 5.92 Å². The average Bonchev–Trinajstić information content (AvgIpc) is 1.60. The van der Waals surface area contributed by atoms with E-state index in [1.165, 1.54) is 0 Å². The lowest BCUT2D eigenvalue weighted by Crippen LogP contribution is -2.52. The van der Waals surface area contributed by atoms with Gasteiger partial charge < -0.3 is 5.32 Å². The van der Waals surface area contributed by atoms with Gasteiger partial charge in [0.1, 0.15) is 0 Å². The van der Waals surface area contributed by atoms with Gasteiger partial charge in [0, 0.05) is 0 Å². The third-order valence-corrected chi connectivity index (χ3v) is 0.767. The van der Waals surface area contributed by atoms with E-state index in [0.717, 1.165) is 5.92 Å². The molecule has 10 heavy (non-hydrogen) atoms. The Hall–Kier alpha value is -0.180. The van der Waals surface area contributed by atoms with Crippen molar-refractivity contribution in [3.8, 4) is 0 Å². The first-order valence-corrected chi connectivity index (χ1v) is 3.52. The van der Waals surface area contributed by atoms with Gasteiger partial charge in [-0.15, -0.1) is 0 Å². The molecule has 0 unspecified atom stereocenters. The van der Waals surface area contributed by atoms with E-state index in [4.69, 9.17) is 0 Å². The molecule has 3 heteroatoms. The minimum atomic E-state index is -2.39. The van der Waals surface area contributed by atoms with Crippen molar-refractivity contribution in [3.63, 3.8) is 0 Å². The zero-order chi connectivity index (χ0) is 8.20. The van der Waals surface area contributed by atoms with Crippen molar-refractivity contribution in [2.45, 2.75) is 26.7 Å². The van der Waals surface area contributed by atoms with Crippen LogP contribution in [0, 0.1) is 5.92 Å². The number of rotatable bonds is 0. The van der Waals surface area contributed by atoms with Gasteiger partial charge in [0.2, 0.25) is 0 Å². The number of halogens is 2. The van der Waals surface area contributed by atoms with Crippen LogP contribution >= 0.6 is 0 Å². The van der Waals surface area contributed by atoms with Gasteiger partial charge in [0.15, 0.2) is 0 Å². The summed E-state index contributed by atoms with van der Waals surface area (Å²) in [5.41, 5.74) is 0. The third-order valence-electron chi connectivity index (χ3n) is 0.767. The Kier molecular flexibility index (Phi) is 3.79. The van der Waals surface area contributed by atoms with Crippen molar-refractivity contribution in [1.29, 1.82) is 0 Å². The molecular formula is C7H15F2N. The summed E-state index contributed by atoms with van der Waals surface area (Å²) in [7, 11) is 0. The van der Waals surface area contributed by atoms with Crippen LogP contribution in [0.25, 0.3) is 0 Å². The van der Waals surface area contributed by atoms with Crippen LogP contribution < -0.4 is 5.32 Å². The van der Waals surface area contributed by atoms with Crippen LogP contribution in [-0.4, -0.2) is 19.0 Å². The lowest BCUT2D eigenvalue weighted by atomic mass is 10.2. The topological polar surface area (TPSA) is 12.0 Å². The maximum Gasteiger partial charge on any atom is 0.272 e. The molecule has 1 aliphatic heterocycles. The van der Waals surface area contributed by atoms with Crippen LogP contribution in [0.1, 0.15) is 20.8 Å². The number of hydrogen-bond donors (Lipinski definition) is 1. The normalized spacial score (nSPS) is 21.0. The van der Waals surface area contributed by atoms with Crippen molar-refractivity contribution in [1.82, 2.24) is 5.32 Å². The summed E-state index contributed by atoms with van der Waals surface area (Å²) in [5.74, 6) is -1.56. The fourth-order valence-electron chi connectivity index (χ4n) is 0.314. The van der Waals surface area contributed by atoms with Gasteiger partial charge in [-0.2, -0.15) is 0 Å². The Morgan fingerprint density at radius 1 is 1.20 bits per heavy atom. The predicted molar refractivity (Wildman–Crippen MR) is 38.3 cm³/mol. The molecule has 0 amide bonds. The van der Waals surface area contributed by atoms with Crippen LogP contribution in [-0.2, 0) is 0 Å². The zero-order valence-electron chi connectivity index (χ0n) is 6.75. The highest BCUT2D eigenvalue weighted by molar-refractivity contribution is 4.81. The molecule has 1 fully saturated rings. The molecule has 0 aliphatic carbocycles. The first-order valence-electron chi connectivity index (χ1n) is 3.52. The Labute approximate surface area is 60.8 Å². The van der Waals surface area contributed by atoms with E-state index in [1.54, 1.807) is 0 Å². The van der Waals surface area contributed by atoms with Crippen LogP contribution in [0.5, 0.6) is 0 Å². The highest BCUT2D eigenvalue weighted by Crippen LogP contribution is 2.16. The maximum atomic E-state index is 11.5. The molecule has 1 rings (SSSR count). The van der Waals surface area contributed by atoms with E-state index in [-0.39, 0.29) is 13.1 Å². The molecule has 1 aliphatic rings. The largest absolute Gasteiger partial charge is 0.305 e. The second kappa shape index (κ2) is 3.86. The summed E-state index contributed by atoms with van der Waals surface area (Å²) >= 11 is 0. The van der Waals surface area contributed by atoms with Crippen molar-refractivity contribution in [2.75, 3.05) is 13.1 Å². The second-order valence-corrected chi connectivity index (χ2v) is 3.19. The Morgan fingerprint density at radius 3 is 1.40 bits per heavy atom. The van der Waals surface area contributed by atoms with Crippen molar-refractivity contribution >= 4 is 0 Å². The van der Waals surface area contributed by atoms with E-state index in [1.807, 2.05) is 0 Å². The zero-order valence-corrected chi connectivity index (χ0v) is 6.75. The van der Waals surface area contributed by atoms with Crippen molar-refractivity contribution < 1.29 is 8.78 Å². The van der Waals surface area contributed by atoms with Crippen molar-refractivity contribution in [3.05, 3.63) is 0 Å². The smallest absolute Gasteiger partial charge is 0.272 e. The highest BCUT2D eigenvalue weighted by Gasteiger charge is 2.36. The molecule has 1 N–H and O–H groups in total. The van der Waals surface area contributed by atoms with Gasteiger partial charge in [0.25, 0.3) is 5.92 Å². The molecule has 1 saturated heterocycles. The van der Waals surface area contributed by atoms with E-state index < -0.39 is 5.92 Å². The molecule has 0 bridgehead atoms. The Bertz CT molecular complexity index is 82.9. The van der Waals surface area contributed by atoms with Gasteiger partial charge in [-0.25, -0.2) is 8.78 Å².